The average molecular weight is 629 g/mol. The van der Waals surface area contributed by atoms with Crippen LogP contribution in [0.25, 0.3) is 21.3 Å². The van der Waals surface area contributed by atoms with E-state index in [9.17, 15) is 9.59 Å². The molecule has 1 amide bonds. The molecule has 0 bridgehead atoms. The Morgan fingerprint density at radius 3 is 2.49 bits per heavy atom. The van der Waals surface area contributed by atoms with Crippen molar-refractivity contribution in [1.82, 2.24) is 20.2 Å². The molecular weight excluding hydrogens is 584 g/mol. The molecule has 2 aliphatic rings. The maximum absolute atomic E-state index is 13.7. The quantitative estimate of drug-likeness (QED) is 0.193. The molecule has 2 atom stereocenters. The van der Waals surface area contributed by atoms with Gasteiger partial charge in [0.25, 0.3) is 12.4 Å². The number of H-pyrrole nitrogens is 1. The zero-order valence-electron chi connectivity index (χ0n) is 26.5. The third kappa shape index (κ3) is 8.27. The molecule has 1 saturated heterocycles. The summed E-state index contributed by atoms with van der Waals surface area (Å²) in [6.45, 7) is 9.98. The van der Waals surface area contributed by atoms with Crippen molar-refractivity contribution in [2.45, 2.75) is 71.8 Å². The van der Waals surface area contributed by atoms with E-state index < -0.39 is 0 Å². The van der Waals surface area contributed by atoms with Crippen molar-refractivity contribution >= 4 is 33.9 Å². The first-order valence-corrected chi connectivity index (χ1v) is 16.8. The fraction of sp³-hybridized carbons (Fsp3) is 0.444. The highest BCUT2D eigenvalue weighted by molar-refractivity contribution is 7.20. The molecule has 8 nitrogen and oxygen atoms in total. The fourth-order valence-corrected chi connectivity index (χ4v) is 7.46. The second kappa shape index (κ2) is 14.5. The highest BCUT2D eigenvalue weighted by atomic mass is 32.1. The molecule has 0 radical (unpaired) electrons. The summed E-state index contributed by atoms with van der Waals surface area (Å²) in [5.41, 5.74) is 5.82. The van der Waals surface area contributed by atoms with E-state index in [1.54, 1.807) is 12.3 Å². The van der Waals surface area contributed by atoms with Crippen molar-refractivity contribution in [1.29, 1.82) is 0 Å². The molecule has 0 unspecified atom stereocenters. The number of pyridine rings is 2. The van der Waals surface area contributed by atoms with Crippen molar-refractivity contribution in [3.05, 3.63) is 86.8 Å². The SMILES string of the molecule is CC(C)(C)[C@H]1CCc2nc3sc(C(=O)N[C@H](CCN4CCCCC4)c4ccc(-c5ccc(=O)[nH]c5)cc4)cc3cc2C1.O=CO. The van der Waals surface area contributed by atoms with Gasteiger partial charge in [-0.2, -0.15) is 0 Å². The van der Waals surface area contributed by atoms with E-state index in [4.69, 9.17) is 14.9 Å². The maximum Gasteiger partial charge on any atom is 0.290 e. The van der Waals surface area contributed by atoms with Gasteiger partial charge in [-0.3, -0.25) is 14.4 Å². The summed E-state index contributed by atoms with van der Waals surface area (Å²) in [7, 11) is 0. The van der Waals surface area contributed by atoms with Crippen LogP contribution in [0.15, 0.2) is 59.5 Å². The molecule has 1 aliphatic carbocycles. The number of benzene rings is 1. The van der Waals surface area contributed by atoms with Gasteiger partial charge in [-0.1, -0.05) is 51.5 Å². The smallest absolute Gasteiger partial charge is 0.290 e. The van der Waals surface area contributed by atoms with E-state index in [0.717, 1.165) is 70.7 Å². The summed E-state index contributed by atoms with van der Waals surface area (Å²) in [6.07, 6.45) is 9.66. The second-order valence-electron chi connectivity index (χ2n) is 13.3. The van der Waals surface area contributed by atoms with E-state index in [1.807, 2.05) is 12.1 Å². The van der Waals surface area contributed by atoms with E-state index in [0.29, 0.717) is 5.92 Å². The number of nitrogens with one attached hydrogen (secondary N) is 2. The number of carbonyl (C=O) groups is 2. The molecule has 4 aromatic rings. The minimum atomic E-state index is -0.250. The molecule has 0 spiro atoms. The molecule has 6 rings (SSSR count). The minimum Gasteiger partial charge on any atom is -0.483 e. The monoisotopic (exact) mass is 628 g/mol. The Bertz CT molecular complexity index is 1640. The number of nitrogens with zero attached hydrogens (tertiary/aromatic N) is 2. The van der Waals surface area contributed by atoms with Gasteiger partial charge in [-0.15, -0.1) is 11.3 Å². The number of fused-ring (bicyclic) bond motifs is 2. The molecule has 1 aromatic carbocycles. The average Bonchev–Trinajstić information content (AvgIpc) is 3.45. The largest absolute Gasteiger partial charge is 0.483 e. The van der Waals surface area contributed by atoms with Crippen LogP contribution in [0.4, 0.5) is 0 Å². The summed E-state index contributed by atoms with van der Waals surface area (Å²) in [6, 6.07) is 16.0. The Morgan fingerprint density at radius 1 is 1.11 bits per heavy atom. The zero-order valence-corrected chi connectivity index (χ0v) is 27.3. The van der Waals surface area contributed by atoms with E-state index >= 15 is 0 Å². The molecule has 1 aliphatic heterocycles. The van der Waals surface area contributed by atoms with Gasteiger partial charge >= 0.3 is 0 Å². The van der Waals surface area contributed by atoms with E-state index in [2.05, 4.69) is 66.3 Å². The Balaban J connectivity index is 0.00000128. The van der Waals surface area contributed by atoms with Crippen molar-refractivity contribution in [2.24, 2.45) is 11.3 Å². The van der Waals surface area contributed by atoms with Gasteiger partial charge in [0.15, 0.2) is 0 Å². The van der Waals surface area contributed by atoms with Crippen LogP contribution < -0.4 is 10.9 Å². The van der Waals surface area contributed by atoms with Gasteiger partial charge in [0.1, 0.15) is 4.83 Å². The molecule has 45 heavy (non-hydrogen) atoms. The Kier molecular flexibility index (Phi) is 10.5. The van der Waals surface area contributed by atoms with Crippen LogP contribution in [0.3, 0.4) is 0 Å². The summed E-state index contributed by atoms with van der Waals surface area (Å²) < 4.78 is 0. The first kappa shape index (κ1) is 32.6. The van der Waals surface area contributed by atoms with Crippen molar-refractivity contribution < 1.29 is 14.7 Å². The third-order valence-corrected chi connectivity index (χ3v) is 10.3. The molecule has 0 saturated carbocycles. The second-order valence-corrected chi connectivity index (χ2v) is 14.3. The van der Waals surface area contributed by atoms with E-state index in [-0.39, 0.29) is 29.4 Å². The minimum absolute atomic E-state index is 0.0307. The molecule has 4 heterocycles. The number of carbonyl (C=O) groups excluding carboxylic acids is 1. The maximum atomic E-state index is 13.7. The van der Waals surface area contributed by atoms with E-state index in [1.165, 1.54) is 48.3 Å². The van der Waals surface area contributed by atoms with Gasteiger partial charge in [0.05, 0.1) is 10.9 Å². The van der Waals surface area contributed by atoms with Crippen LogP contribution >= 0.6 is 11.3 Å². The summed E-state index contributed by atoms with van der Waals surface area (Å²) in [5, 5.41) is 11.3. The van der Waals surface area contributed by atoms with Crippen LogP contribution in [0.5, 0.6) is 0 Å². The zero-order chi connectivity index (χ0) is 32.0. The number of amides is 1. The lowest BCUT2D eigenvalue weighted by Crippen LogP contribution is -2.35. The number of aromatic nitrogens is 2. The molecule has 3 aromatic heterocycles. The predicted octanol–water partition coefficient (Wildman–Crippen LogP) is 6.85. The number of aryl methyl sites for hydroxylation is 1. The number of hydrogen-bond donors (Lipinski definition) is 3. The summed E-state index contributed by atoms with van der Waals surface area (Å²) in [5.74, 6) is 0.624. The van der Waals surface area contributed by atoms with Gasteiger partial charge in [0.2, 0.25) is 5.56 Å². The summed E-state index contributed by atoms with van der Waals surface area (Å²) >= 11 is 1.51. The van der Waals surface area contributed by atoms with Gasteiger partial charge in [0, 0.05) is 29.9 Å². The van der Waals surface area contributed by atoms with Crippen LogP contribution in [0.2, 0.25) is 0 Å². The number of carboxylic acid groups (broad SMARTS) is 1. The Hall–Kier alpha value is -3.82. The molecule has 9 heteroatoms. The predicted molar refractivity (Wildman–Crippen MR) is 181 cm³/mol. The molecular formula is C36H44N4O4S. The first-order chi connectivity index (χ1) is 21.6. The van der Waals surface area contributed by atoms with Crippen LogP contribution in [0, 0.1) is 11.3 Å². The topological polar surface area (TPSA) is 115 Å². The fourth-order valence-electron chi connectivity index (χ4n) is 6.52. The molecule has 3 N–H and O–H groups in total. The highest BCUT2D eigenvalue weighted by Crippen LogP contribution is 2.38. The van der Waals surface area contributed by atoms with Gasteiger partial charge < -0.3 is 20.3 Å². The molecule has 238 valence electrons. The lowest BCUT2D eigenvalue weighted by Gasteiger charge is -2.34. The number of piperidine rings is 1. The lowest BCUT2D eigenvalue weighted by atomic mass is 9.71. The first-order valence-electron chi connectivity index (χ1n) is 16.0. The summed E-state index contributed by atoms with van der Waals surface area (Å²) in [4.78, 5) is 45.5. The Labute approximate surface area is 268 Å². The number of hydrogen-bond acceptors (Lipinski definition) is 6. The van der Waals surface area contributed by atoms with Gasteiger partial charge in [-0.05, 0) is 103 Å². The van der Waals surface area contributed by atoms with Gasteiger partial charge in [-0.25, -0.2) is 4.98 Å². The van der Waals surface area contributed by atoms with Crippen molar-refractivity contribution in [3.8, 4) is 11.1 Å². The highest BCUT2D eigenvalue weighted by Gasteiger charge is 2.30. The number of thiophene rings is 1. The number of likely N-dealkylation sites (tertiary alicyclic amines) is 1. The standard InChI is InChI=1S/C35H42N4O2S.CH2O2/c1-35(2,3)28-12-13-29-26(20-28)19-27-21-31(42-34(27)38-29)33(41)37-30(15-18-39-16-5-4-6-17-39)24-9-7-23(8-10-24)25-11-14-32(40)36-22-25;2-1-3/h7-11,14,19,21-22,28,30H,4-6,12-13,15-18,20H2,1-3H3,(H,36,40)(H,37,41);1H,(H,2,3)/t28-,30+;/m0./s1. The van der Waals surface area contributed by atoms with Crippen molar-refractivity contribution in [2.75, 3.05) is 19.6 Å². The Morgan fingerprint density at radius 2 is 1.82 bits per heavy atom. The number of rotatable bonds is 7. The van der Waals surface area contributed by atoms with Crippen LogP contribution in [-0.4, -0.2) is 52.0 Å². The lowest BCUT2D eigenvalue weighted by molar-refractivity contribution is -0.122. The van der Waals surface area contributed by atoms with Crippen molar-refractivity contribution in [3.63, 3.8) is 0 Å². The van der Waals surface area contributed by atoms with Crippen LogP contribution in [0.1, 0.15) is 85.4 Å². The van der Waals surface area contributed by atoms with Crippen LogP contribution in [-0.2, 0) is 17.6 Å². The normalized spacial score (nSPS) is 17.5. The number of aromatic amines is 1. The third-order valence-electron chi connectivity index (χ3n) is 9.24. The molecule has 1 fully saturated rings.